The van der Waals surface area contributed by atoms with Crippen LogP contribution in [-0.4, -0.2) is 91.6 Å². The number of ether oxygens (including phenoxy) is 5. The fraction of sp³-hybridized carbons (Fsp3) is 0.382. The normalized spacial score (nSPS) is 13.6. The maximum Gasteiger partial charge on any atom is 0.127 e. The maximum atomic E-state index is 9.59. The van der Waals surface area contributed by atoms with E-state index in [9.17, 15) is 25.5 Å². The first kappa shape index (κ1) is 116. The molecule has 0 spiro atoms. The molecule has 10 nitrogen and oxygen atoms in total. The second-order valence-corrected chi connectivity index (χ2v) is 45.4. The van der Waals surface area contributed by atoms with Crippen molar-refractivity contribution in [1.29, 1.82) is 0 Å². The third kappa shape index (κ3) is 31.5. The van der Waals surface area contributed by atoms with Crippen molar-refractivity contribution in [3.63, 3.8) is 0 Å². The summed E-state index contributed by atoms with van der Waals surface area (Å²) >= 11 is 0. The van der Waals surface area contributed by atoms with Gasteiger partial charge in [0.15, 0.2) is 0 Å². The van der Waals surface area contributed by atoms with E-state index in [1.54, 1.807) is 0 Å². The summed E-state index contributed by atoms with van der Waals surface area (Å²) in [6.45, 7) is 61.8. The predicted molar refractivity (Wildman–Crippen MR) is 613 cm³/mol. The zero-order valence-corrected chi connectivity index (χ0v) is 92.8. The van der Waals surface area contributed by atoms with E-state index < -0.39 is 0 Å². The first-order chi connectivity index (χ1) is 69.4. The van der Waals surface area contributed by atoms with E-state index in [-0.39, 0.29) is 139 Å². The van der Waals surface area contributed by atoms with Crippen molar-refractivity contribution < 1.29 is 49.2 Å². The van der Waals surface area contributed by atoms with E-state index in [4.69, 9.17) is 23.7 Å². The molecule has 14 aromatic carbocycles. The van der Waals surface area contributed by atoms with Crippen molar-refractivity contribution in [2.45, 2.75) is 273 Å². The Kier molecular flexibility index (Phi) is 42.4. The Morgan fingerprint density at radius 3 is 0.418 bits per heavy atom. The van der Waals surface area contributed by atoms with Gasteiger partial charge in [-0.05, 0) is 110 Å². The summed E-state index contributed by atoms with van der Waals surface area (Å²) in [7, 11) is 0. The standard InChI is InChI=1S/3C32H34O2.2C20H34O2/c3*1-23(26-13-7-4-8-14-26)29-21-30(24(2)27-15-9-5-10-16-27)32(34-20-19-33)31(22-29)25(3)28-17-11-6-12-18-28;2*1-18(2,3)14-12-15(19(4,5)6)17(22-11-10-21)16(13-14)20(7,8)9/h3*4-18,21-25,33H,19-20H2,1-3H3;2*12-13,21H,10-11H2,1-9H3. The molecular formula is C136H170O10. The third-order valence-electron chi connectivity index (χ3n) is 28.3. The van der Waals surface area contributed by atoms with Gasteiger partial charge < -0.3 is 49.2 Å². The fourth-order valence-corrected chi connectivity index (χ4v) is 19.0. The molecule has 0 aliphatic carbocycles. The Labute approximate surface area is 878 Å². The lowest BCUT2D eigenvalue weighted by Crippen LogP contribution is -2.23. The third-order valence-corrected chi connectivity index (χ3v) is 28.3. The Morgan fingerprint density at radius 1 is 0.164 bits per heavy atom. The van der Waals surface area contributed by atoms with Gasteiger partial charge in [0.1, 0.15) is 61.8 Å². The average molecular weight is 1960 g/mol. The van der Waals surface area contributed by atoms with Gasteiger partial charge in [-0.3, -0.25) is 0 Å². The zero-order valence-electron chi connectivity index (χ0n) is 92.8. The molecule has 0 aliphatic rings. The van der Waals surface area contributed by atoms with Gasteiger partial charge in [0.2, 0.25) is 0 Å². The minimum Gasteiger partial charge on any atom is -0.491 e. The number of aliphatic hydroxyl groups is 5. The summed E-state index contributed by atoms with van der Waals surface area (Å²) in [5, 5.41) is 47.1. The van der Waals surface area contributed by atoms with Crippen LogP contribution in [0.2, 0.25) is 0 Å². The van der Waals surface area contributed by atoms with Gasteiger partial charge >= 0.3 is 0 Å². The number of benzene rings is 14. The second-order valence-electron chi connectivity index (χ2n) is 45.4. The minimum atomic E-state index is -0.0134. The van der Waals surface area contributed by atoms with Crippen LogP contribution < -0.4 is 23.7 Å². The van der Waals surface area contributed by atoms with Crippen LogP contribution in [0, 0.1) is 0 Å². The molecule has 0 fully saturated rings. The van der Waals surface area contributed by atoms with Crippen LogP contribution >= 0.6 is 0 Å². The van der Waals surface area contributed by atoms with E-state index in [1.807, 2.05) is 0 Å². The van der Waals surface area contributed by atoms with E-state index in [1.165, 1.54) is 100 Å². The van der Waals surface area contributed by atoms with E-state index in [0.29, 0.717) is 13.2 Å². The lowest BCUT2D eigenvalue weighted by atomic mass is 9.74. The van der Waals surface area contributed by atoms with Gasteiger partial charge in [-0.15, -0.1) is 0 Å². The Balaban J connectivity index is 0.000000190. The van der Waals surface area contributed by atoms with Crippen LogP contribution in [0.5, 0.6) is 28.7 Å². The molecule has 9 unspecified atom stereocenters. The highest BCUT2D eigenvalue weighted by Crippen LogP contribution is 2.50. The molecule has 0 saturated heterocycles. The summed E-state index contributed by atoms with van der Waals surface area (Å²) < 4.78 is 30.9. The molecule has 0 aromatic heterocycles. The van der Waals surface area contributed by atoms with Crippen molar-refractivity contribution in [1.82, 2.24) is 0 Å². The minimum absolute atomic E-state index is 0.00789. The van der Waals surface area contributed by atoms with Crippen molar-refractivity contribution in [3.8, 4) is 28.7 Å². The van der Waals surface area contributed by atoms with Crippen molar-refractivity contribution >= 4 is 0 Å². The molecule has 14 aromatic rings. The second kappa shape index (κ2) is 53.5. The smallest absolute Gasteiger partial charge is 0.127 e. The molecular weight excluding hydrogens is 1790 g/mol. The lowest BCUT2D eigenvalue weighted by molar-refractivity contribution is 0.196. The molecule has 0 amide bonds. The van der Waals surface area contributed by atoms with Gasteiger partial charge in [-0.1, -0.05) is 521 Å². The summed E-state index contributed by atoms with van der Waals surface area (Å²) in [4.78, 5) is 0. The molecule has 0 aliphatic heterocycles. The zero-order chi connectivity index (χ0) is 106. The monoisotopic (exact) mass is 1960 g/mol. The van der Waals surface area contributed by atoms with Crippen molar-refractivity contribution in [2.75, 3.05) is 66.1 Å². The molecule has 5 N–H and O–H groups in total. The molecule has 146 heavy (non-hydrogen) atoms. The highest BCUT2D eigenvalue weighted by molar-refractivity contribution is 5.60. The molecule has 0 saturated carbocycles. The quantitative estimate of drug-likeness (QED) is 0.0269. The van der Waals surface area contributed by atoms with Gasteiger partial charge in [-0.2, -0.15) is 0 Å². The van der Waals surface area contributed by atoms with E-state index in [2.05, 4.69) is 521 Å². The van der Waals surface area contributed by atoms with Gasteiger partial charge in [0.25, 0.3) is 0 Å². The Morgan fingerprint density at radius 2 is 0.295 bits per heavy atom. The Bertz CT molecular complexity index is 5440. The molecule has 10 heteroatoms. The molecule has 0 heterocycles. The molecule has 14 rings (SSSR count). The van der Waals surface area contributed by atoms with E-state index >= 15 is 0 Å². The summed E-state index contributed by atoms with van der Waals surface area (Å²) in [6.07, 6.45) is 0. The summed E-state index contributed by atoms with van der Waals surface area (Å²) in [5.41, 5.74) is 29.9. The first-order valence-electron chi connectivity index (χ1n) is 52.9. The van der Waals surface area contributed by atoms with Crippen LogP contribution in [0.25, 0.3) is 0 Å². The molecule has 774 valence electrons. The molecule has 0 bridgehead atoms. The van der Waals surface area contributed by atoms with Crippen LogP contribution in [0.15, 0.2) is 334 Å². The number of rotatable bonds is 33. The number of aliphatic hydroxyl groups excluding tert-OH is 5. The SMILES string of the molecule is CC(C)(C)c1cc(C(C)(C)C)c(OCCO)c(C(C)(C)C)c1.CC(C)(C)c1cc(C(C)(C)C)c(OCCO)c(C(C)(C)C)c1.CC(c1ccccc1)c1cc(C(C)c2ccccc2)c(OCCO)c(C(C)c2ccccc2)c1.CC(c1ccccc1)c1cc(C(C)c2ccccc2)c(OCCO)c(C(C)c2ccccc2)c1.CC(c1ccccc1)c1cc(C(C)c2ccccc2)c(OCCO)c(C(C)c2ccccc2)c1. The van der Waals surface area contributed by atoms with Crippen molar-refractivity contribution in [3.05, 3.63) is 467 Å². The van der Waals surface area contributed by atoms with Crippen LogP contribution in [0.4, 0.5) is 0 Å². The van der Waals surface area contributed by atoms with Crippen LogP contribution in [0.1, 0.15) is 374 Å². The van der Waals surface area contributed by atoms with Gasteiger partial charge in [0, 0.05) is 109 Å². The molecule has 9 atom stereocenters. The number of hydrogen-bond donors (Lipinski definition) is 5. The predicted octanol–water partition coefficient (Wildman–Crippen LogP) is 32.4. The van der Waals surface area contributed by atoms with Gasteiger partial charge in [-0.25, -0.2) is 0 Å². The van der Waals surface area contributed by atoms with Gasteiger partial charge in [0.05, 0.1) is 33.0 Å². The Hall–Kier alpha value is -12.1. The highest BCUT2D eigenvalue weighted by atomic mass is 16.5. The first-order valence-corrected chi connectivity index (χ1v) is 52.9. The largest absolute Gasteiger partial charge is 0.491 e. The van der Waals surface area contributed by atoms with Crippen molar-refractivity contribution in [2.24, 2.45) is 0 Å². The van der Waals surface area contributed by atoms with E-state index in [0.717, 1.165) is 62.1 Å². The molecule has 0 radical (unpaired) electrons. The summed E-state index contributed by atoms with van der Waals surface area (Å²) in [6, 6.07) is 118. The van der Waals surface area contributed by atoms with Crippen LogP contribution in [-0.2, 0) is 32.5 Å². The topological polar surface area (TPSA) is 147 Å². The van der Waals surface area contributed by atoms with Crippen LogP contribution in [0.3, 0.4) is 0 Å². The maximum absolute atomic E-state index is 9.59. The average Bonchev–Trinajstić information content (AvgIpc) is 0.629. The lowest BCUT2D eigenvalue weighted by Gasteiger charge is -2.33. The fourth-order valence-electron chi connectivity index (χ4n) is 19.0. The number of hydrogen-bond acceptors (Lipinski definition) is 10. The summed E-state index contributed by atoms with van der Waals surface area (Å²) in [5.74, 6) is 6.23. The highest BCUT2D eigenvalue weighted by Gasteiger charge is 2.35.